The third-order valence-electron chi connectivity index (χ3n) is 5.11. The number of non-ortho nitro benzene ring substituents is 1. The molecule has 1 saturated heterocycles. The average molecular weight is 444 g/mol. The number of aromatic nitrogens is 3. The lowest BCUT2D eigenvalue weighted by atomic mass is 10.3. The summed E-state index contributed by atoms with van der Waals surface area (Å²) in [5.41, 5.74) is 1.27. The fraction of sp³-hybridized carbons (Fsp3) is 0.222. The highest BCUT2D eigenvalue weighted by Gasteiger charge is 2.31. The van der Waals surface area contributed by atoms with Gasteiger partial charge >= 0.3 is 0 Å². The number of benzene rings is 1. The number of nitrogens with one attached hydrogen (secondary N) is 1. The van der Waals surface area contributed by atoms with Gasteiger partial charge in [0.05, 0.1) is 15.1 Å². The van der Waals surface area contributed by atoms with Crippen molar-refractivity contribution in [3.63, 3.8) is 0 Å². The van der Waals surface area contributed by atoms with E-state index < -0.39 is 14.9 Å². The number of pyridine rings is 1. The standard InChI is InChI=1S/C18H16N6O4S2/c25-24(26)12-3-4-14-15(10-12)29-18(21-14)22-6-8-23(9-7-22)30(27,28)16-11-20-17-13(16)2-1-5-19-17/h1-5,10-11H,6-9H2,(H,19,20). The molecule has 0 radical (unpaired) electrons. The molecule has 0 spiro atoms. The Labute approximate surface area is 175 Å². The molecule has 0 amide bonds. The van der Waals surface area contributed by atoms with Gasteiger partial charge in [-0.15, -0.1) is 0 Å². The van der Waals surface area contributed by atoms with E-state index in [2.05, 4.69) is 15.0 Å². The molecule has 30 heavy (non-hydrogen) atoms. The van der Waals surface area contributed by atoms with Gasteiger partial charge < -0.3 is 9.88 Å². The number of aromatic amines is 1. The highest BCUT2D eigenvalue weighted by atomic mass is 32.2. The molecule has 0 bridgehead atoms. The summed E-state index contributed by atoms with van der Waals surface area (Å²) in [6.07, 6.45) is 3.10. The van der Waals surface area contributed by atoms with Crippen molar-refractivity contribution in [1.29, 1.82) is 0 Å². The fourth-order valence-electron chi connectivity index (χ4n) is 3.55. The second-order valence-electron chi connectivity index (χ2n) is 6.85. The minimum Gasteiger partial charge on any atom is -0.345 e. The van der Waals surface area contributed by atoms with Crippen molar-refractivity contribution in [1.82, 2.24) is 19.3 Å². The normalized spacial score (nSPS) is 15.8. The van der Waals surface area contributed by atoms with Crippen molar-refractivity contribution in [2.45, 2.75) is 4.90 Å². The molecule has 0 saturated carbocycles. The van der Waals surface area contributed by atoms with Crippen molar-refractivity contribution in [3.05, 3.63) is 52.8 Å². The zero-order valence-electron chi connectivity index (χ0n) is 15.6. The number of H-pyrrole nitrogens is 1. The Kier molecular flexibility index (Phi) is 4.41. The Morgan fingerprint density at radius 1 is 1.17 bits per heavy atom. The third kappa shape index (κ3) is 3.09. The molecule has 10 nitrogen and oxygen atoms in total. The van der Waals surface area contributed by atoms with E-state index >= 15 is 0 Å². The lowest BCUT2D eigenvalue weighted by molar-refractivity contribution is -0.384. The van der Waals surface area contributed by atoms with Gasteiger partial charge in [0.1, 0.15) is 10.5 Å². The maximum Gasteiger partial charge on any atom is 0.270 e. The molecular formula is C18H16N6O4S2. The first-order chi connectivity index (χ1) is 14.4. The Bertz CT molecular complexity index is 1370. The summed E-state index contributed by atoms with van der Waals surface area (Å²) in [4.78, 5) is 24.4. The van der Waals surface area contributed by atoms with Gasteiger partial charge in [0.15, 0.2) is 5.13 Å². The number of anilines is 1. The van der Waals surface area contributed by atoms with Gasteiger partial charge in [-0.2, -0.15) is 4.31 Å². The van der Waals surface area contributed by atoms with Crippen LogP contribution in [0.5, 0.6) is 0 Å². The summed E-state index contributed by atoms with van der Waals surface area (Å²) >= 11 is 1.37. The number of piperazine rings is 1. The average Bonchev–Trinajstić information content (AvgIpc) is 3.38. The van der Waals surface area contributed by atoms with Crippen LogP contribution < -0.4 is 4.90 Å². The van der Waals surface area contributed by atoms with E-state index in [9.17, 15) is 18.5 Å². The molecule has 0 atom stereocenters. The molecule has 1 N–H and O–H groups in total. The first kappa shape index (κ1) is 18.9. The Balaban J connectivity index is 1.36. The largest absolute Gasteiger partial charge is 0.345 e. The number of nitro benzene ring substituents is 1. The summed E-state index contributed by atoms with van der Waals surface area (Å²) in [6, 6.07) is 8.04. The van der Waals surface area contributed by atoms with Crippen LogP contribution in [-0.4, -0.2) is 58.8 Å². The number of nitro groups is 1. The first-order valence-corrected chi connectivity index (χ1v) is 11.4. The van der Waals surface area contributed by atoms with Crippen LogP contribution in [0.25, 0.3) is 21.3 Å². The molecule has 1 aromatic carbocycles. The molecule has 5 rings (SSSR count). The molecule has 0 unspecified atom stereocenters. The Hall–Kier alpha value is -3.09. The summed E-state index contributed by atoms with van der Waals surface area (Å²) in [5.74, 6) is 0. The van der Waals surface area contributed by atoms with Crippen molar-refractivity contribution in [2.75, 3.05) is 31.1 Å². The number of hydrogen-bond donors (Lipinski definition) is 1. The Morgan fingerprint density at radius 3 is 2.73 bits per heavy atom. The van der Waals surface area contributed by atoms with Gasteiger partial charge in [0.2, 0.25) is 10.0 Å². The zero-order valence-corrected chi connectivity index (χ0v) is 17.2. The number of sulfonamides is 1. The van der Waals surface area contributed by atoms with Crippen LogP contribution in [0.15, 0.2) is 47.6 Å². The van der Waals surface area contributed by atoms with Gasteiger partial charge in [-0.25, -0.2) is 18.4 Å². The van der Waals surface area contributed by atoms with Crippen LogP contribution in [0.3, 0.4) is 0 Å². The molecular weight excluding hydrogens is 428 g/mol. The van der Waals surface area contributed by atoms with E-state index in [4.69, 9.17) is 0 Å². The SMILES string of the molecule is O=[N+]([O-])c1ccc2nc(N3CCN(S(=O)(=O)c4c[nH]c5ncccc45)CC3)sc2c1. The van der Waals surface area contributed by atoms with E-state index in [0.29, 0.717) is 42.7 Å². The van der Waals surface area contributed by atoms with Gasteiger partial charge in [0.25, 0.3) is 5.69 Å². The van der Waals surface area contributed by atoms with Gasteiger partial charge in [-0.05, 0) is 18.2 Å². The van der Waals surface area contributed by atoms with Crippen molar-refractivity contribution >= 4 is 53.4 Å². The highest BCUT2D eigenvalue weighted by Crippen LogP contribution is 2.32. The van der Waals surface area contributed by atoms with E-state index in [-0.39, 0.29) is 10.6 Å². The molecule has 154 valence electrons. The monoisotopic (exact) mass is 444 g/mol. The quantitative estimate of drug-likeness (QED) is 0.379. The van der Waals surface area contributed by atoms with E-state index in [1.807, 2.05) is 4.90 Å². The smallest absolute Gasteiger partial charge is 0.270 e. The topological polar surface area (TPSA) is 125 Å². The van der Waals surface area contributed by atoms with E-state index in [1.54, 1.807) is 24.4 Å². The van der Waals surface area contributed by atoms with Crippen LogP contribution in [-0.2, 0) is 10.0 Å². The molecule has 4 heterocycles. The Morgan fingerprint density at radius 2 is 1.97 bits per heavy atom. The fourth-order valence-corrected chi connectivity index (χ4v) is 6.18. The molecule has 1 fully saturated rings. The minimum absolute atomic E-state index is 0.0295. The van der Waals surface area contributed by atoms with Crippen LogP contribution in [0.1, 0.15) is 0 Å². The van der Waals surface area contributed by atoms with Crippen LogP contribution in [0, 0.1) is 10.1 Å². The number of rotatable bonds is 4. The molecule has 1 aliphatic heterocycles. The van der Waals surface area contributed by atoms with E-state index in [1.165, 1.54) is 34.0 Å². The first-order valence-electron chi connectivity index (χ1n) is 9.16. The van der Waals surface area contributed by atoms with Gasteiger partial charge in [0, 0.05) is 56.1 Å². The predicted octanol–water partition coefficient (Wildman–Crippen LogP) is 2.59. The van der Waals surface area contributed by atoms with Gasteiger partial charge in [-0.3, -0.25) is 10.1 Å². The van der Waals surface area contributed by atoms with Crippen LogP contribution in [0.2, 0.25) is 0 Å². The summed E-state index contributed by atoms with van der Waals surface area (Å²) in [5, 5.41) is 12.3. The predicted molar refractivity (Wildman–Crippen MR) is 113 cm³/mol. The number of nitrogens with zero attached hydrogens (tertiary/aromatic N) is 5. The number of fused-ring (bicyclic) bond motifs is 2. The zero-order chi connectivity index (χ0) is 20.9. The highest BCUT2D eigenvalue weighted by molar-refractivity contribution is 7.89. The lowest BCUT2D eigenvalue weighted by Crippen LogP contribution is -2.48. The van der Waals surface area contributed by atoms with Crippen LogP contribution >= 0.6 is 11.3 Å². The maximum absolute atomic E-state index is 13.1. The molecule has 4 aromatic rings. The van der Waals surface area contributed by atoms with Crippen molar-refractivity contribution < 1.29 is 13.3 Å². The molecule has 12 heteroatoms. The summed E-state index contributed by atoms with van der Waals surface area (Å²) in [6.45, 7) is 1.63. The van der Waals surface area contributed by atoms with Gasteiger partial charge in [-0.1, -0.05) is 11.3 Å². The summed E-state index contributed by atoms with van der Waals surface area (Å²) < 4.78 is 28.5. The third-order valence-corrected chi connectivity index (χ3v) is 8.13. The lowest BCUT2D eigenvalue weighted by Gasteiger charge is -2.33. The van der Waals surface area contributed by atoms with Crippen LogP contribution in [0.4, 0.5) is 10.8 Å². The van der Waals surface area contributed by atoms with Crippen molar-refractivity contribution in [3.8, 4) is 0 Å². The second kappa shape index (κ2) is 7.00. The maximum atomic E-state index is 13.1. The molecule has 0 aliphatic carbocycles. The summed E-state index contributed by atoms with van der Waals surface area (Å²) in [7, 11) is -3.65. The molecule has 3 aromatic heterocycles. The number of thiazole rings is 1. The van der Waals surface area contributed by atoms with Crippen molar-refractivity contribution in [2.24, 2.45) is 0 Å². The second-order valence-corrected chi connectivity index (χ2v) is 9.76. The minimum atomic E-state index is -3.65. The molecule has 1 aliphatic rings. The number of hydrogen-bond acceptors (Lipinski definition) is 8. The van der Waals surface area contributed by atoms with E-state index in [0.717, 1.165) is 9.83 Å².